The molecule has 0 aliphatic rings. The molecule has 3 heteroatoms. The van der Waals surface area contributed by atoms with Gasteiger partial charge in [-0.15, -0.1) is 11.3 Å². The molecule has 0 unspecified atom stereocenters. The molecule has 0 atom stereocenters. The Hall–Kier alpha value is -6.42. The zero-order chi connectivity index (χ0) is 33.7. The highest BCUT2D eigenvalue weighted by Gasteiger charge is 2.21. The minimum absolute atomic E-state index is 0.899. The lowest BCUT2D eigenvalue weighted by Crippen LogP contribution is -2.09. The molecular formula is C48H31NOS. The molecule has 51 heavy (non-hydrogen) atoms. The first-order chi connectivity index (χ1) is 25.3. The fourth-order valence-corrected chi connectivity index (χ4v) is 8.80. The van der Waals surface area contributed by atoms with Crippen molar-refractivity contribution in [3.63, 3.8) is 0 Å². The lowest BCUT2D eigenvalue weighted by Gasteiger charge is -2.26. The first kappa shape index (κ1) is 29.5. The van der Waals surface area contributed by atoms with E-state index in [2.05, 4.69) is 181 Å². The Bertz CT molecular complexity index is 2870. The van der Waals surface area contributed by atoms with Crippen molar-refractivity contribution in [3.05, 3.63) is 199 Å². The molecule has 0 amide bonds. The van der Waals surface area contributed by atoms with Crippen molar-refractivity contribution in [2.45, 2.75) is 0 Å². The molecule has 8 aromatic carbocycles. The Kier molecular flexibility index (Phi) is 7.04. The predicted octanol–water partition coefficient (Wildman–Crippen LogP) is 14.2. The van der Waals surface area contributed by atoms with Gasteiger partial charge in [-0.05, 0) is 88.1 Å². The average Bonchev–Trinajstić information content (AvgIpc) is 3.77. The number of benzene rings is 8. The van der Waals surface area contributed by atoms with Crippen molar-refractivity contribution in [1.29, 1.82) is 0 Å². The monoisotopic (exact) mass is 669 g/mol. The fraction of sp³-hybridized carbons (Fsp3) is 0. The van der Waals surface area contributed by atoms with Crippen LogP contribution in [0.1, 0.15) is 16.7 Å². The molecule has 2 heterocycles. The molecule has 10 rings (SSSR count). The molecule has 0 aliphatic heterocycles. The first-order valence-electron chi connectivity index (χ1n) is 17.3. The van der Waals surface area contributed by atoms with E-state index in [0.717, 1.165) is 38.9 Å². The number of fused-ring (bicyclic) bond motifs is 7. The van der Waals surface area contributed by atoms with Gasteiger partial charge in [-0.3, -0.25) is 0 Å². The van der Waals surface area contributed by atoms with Gasteiger partial charge in [-0.2, -0.15) is 0 Å². The van der Waals surface area contributed by atoms with E-state index in [1.54, 1.807) is 0 Å². The van der Waals surface area contributed by atoms with Gasteiger partial charge in [0.25, 0.3) is 0 Å². The third kappa shape index (κ3) is 5.01. The Morgan fingerprint density at radius 1 is 0.510 bits per heavy atom. The van der Waals surface area contributed by atoms with Crippen molar-refractivity contribution in [1.82, 2.24) is 0 Å². The topological polar surface area (TPSA) is 16.4 Å². The SMILES string of the molecule is C(=C(\c1ccc2oc3ccccc3c2c1)c1cccc2c1sc1cccc(N(c3ccccc3)c3ccccc3)c12)/c1cccc2ccccc12. The van der Waals surface area contributed by atoms with Gasteiger partial charge in [0.1, 0.15) is 11.2 Å². The average molecular weight is 670 g/mol. The van der Waals surface area contributed by atoms with E-state index >= 15 is 0 Å². The van der Waals surface area contributed by atoms with Crippen molar-refractivity contribution in [3.8, 4) is 0 Å². The summed E-state index contributed by atoms with van der Waals surface area (Å²) < 4.78 is 8.79. The summed E-state index contributed by atoms with van der Waals surface area (Å²) in [4.78, 5) is 2.38. The Morgan fingerprint density at radius 3 is 1.98 bits per heavy atom. The molecule has 0 fully saturated rings. The quantitative estimate of drug-likeness (QED) is 0.164. The Morgan fingerprint density at radius 2 is 1.16 bits per heavy atom. The first-order valence-corrected chi connectivity index (χ1v) is 18.1. The van der Waals surface area contributed by atoms with Gasteiger partial charge in [-0.1, -0.05) is 127 Å². The van der Waals surface area contributed by atoms with Gasteiger partial charge in [0.15, 0.2) is 0 Å². The van der Waals surface area contributed by atoms with Crippen LogP contribution in [0.3, 0.4) is 0 Å². The van der Waals surface area contributed by atoms with Crippen LogP contribution in [0, 0.1) is 0 Å². The maximum absolute atomic E-state index is 6.27. The maximum Gasteiger partial charge on any atom is 0.135 e. The number of anilines is 3. The molecule has 0 saturated carbocycles. The van der Waals surface area contributed by atoms with Gasteiger partial charge in [0.2, 0.25) is 0 Å². The van der Waals surface area contributed by atoms with Crippen LogP contribution in [0.25, 0.3) is 64.5 Å². The van der Waals surface area contributed by atoms with Gasteiger partial charge in [0.05, 0.1) is 5.69 Å². The smallest absolute Gasteiger partial charge is 0.135 e. The van der Waals surface area contributed by atoms with Gasteiger partial charge in [-0.25, -0.2) is 0 Å². The van der Waals surface area contributed by atoms with Gasteiger partial charge in [0, 0.05) is 47.9 Å². The van der Waals surface area contributed by atoms with Crippen LogP contribution in [-0.2, 0) is 0 Å². The predicted molar refractivity (Wildman–Crippen MR) is 219 cm³/mol. The summed E-state index contributed by atoms with van der Waals surface area (Å²) in [6.07, 6.45) is 2.38. The van der Waals surface area contributed by atoms with Gasteiger partial charge >= 0.3 is 0 Å². The number of rotatable bonds is 6. The van der Waals surface area contributed by atoms with Crippen molar-refractivity contribution in [2.75, 3.05) is 4.90 Å². The number of hydrogen-bond donors (Lipinski definition) is 0. The summed E-state index contributed by atoms with van der Waals surface area (Å²) in [5.41, 5.74) is 9.97. The Labute approximate surface area is 299 Å². The van der Waals surface area contributed by atoms with Crippen LogP contribution in [0.15, 0.2) is 186 Å². The second kappa shape index (κ2) is 12.2. The Balaban J connectivity index is 1.25. The molecule has 2 nitrogen and oxygen atoms in total. The summed E-state index contributed by atoms with van der Waals surface area (Å²) >= 11 is 1.87. The van der Waals surface area contributed by atoms with E-state index in [4.69, 9.17) is 4.42 Å². The highest BCUT2D eigenvalue weighted by atomic mass is 32.1. The van der Waals surface area contributed by atoms with E-state index in [9.17, 15) is 0 Å². The fourth-order valence-electron chi connectivity index (χ4n) is 7.55. The maximum atomic E-state index is 6.27. The minimum atomic E-state index is 0.899. The highest BCUT2D eigenvalue weighted by molar-refractivity contribution is 7.26. The molecular weight excluding hydrogens is 639 g/mol. The van der Waals surface area contributed by atoms with Crippen molar-refractivity contribution < 1.29 is 4.42 Å². The number of para-hydroxylation sites is 3. The molecule has 240 valence electrons. The molecule has 0 N–H and O–H groups in total. The van der Waals surface area contributed by atoms with E-state index in [1.165, 1.54) is 53.3 Å². The van der Waals surface area contributed by atoms with E-state index < -0.39 is 0 Å². The minimum Gasteiger partial charge on any atom is -0.456 e. The zero-order valence-corrected chi connectivity index (χ0v) is 28.5. The molecule has 0 spiro atoms. The molecule has 0 saturated heterocycles. The van der Waals surface area contributed by atoms with E-state index in [1.807, 2.05) is 23.5 Å². The summed E-state index contributed by atoms with van der Waals surface area (Å²) in [5, 5.41) is 7.23. The molecule has 0 bridgehead atoms. The lowest BCUT2D eigenvalue weighted by atomic mass is 9.92. The molecule has 0 aliphatic carbocycles. The summed E-state index contributed by atoms with van der Waals surface area (Å²) in [5.74, 6) is 0. The van der Waals surface area contributed by atoms with Crippen LogP contribution in [0.5, 0.6) is 0 Å². The van der Waals surface area contributed by atoms with Crippen LogP contribution in [0.2, 0.25) is 0 Å². The van der Waals surface area contributed by atoms with E-state index in [0.29, 0.717) is 0 Å². The van der Waals surface area contributed by atoms with E-state index in [-0.39, 0.29) is 0 Å². The summed E-state index contributed by atoms with van der Waals surface area (Å²) in [7, 11) is 0. The third-order valence-corrected chi connectivity index (χ3v) is 11.1. The molecule has 0 radical (unpaired) electrons. The van der Waals surface area contributed by atoms with Crippen molar-refractivity contribution >= 4 is 92.9 Å². The summed E-state index contributed by atoms with van der Waals surface area (Å²) in [6, 6.07) is 65.0. The molecule has 10 aromatic rings. The van der Waals surface area contributed by atoms with Crippen molar-refractivity contribution in [2.24, 2.45) is 0 Å². The van der Waals surface area contributed by atoms with Gasteiger partial charge < -0.3 is 9.32 Å². The largest absolute Gasteiger partial charge is 0.456 e. The second-order valence-electron chi connectivity index (χ2n) is 12.9. The van der Waals surface area contributed by atoms with Crippen LogP contribution >= 0.6 is 11.3 Å². The van der Waals surface area contributed by atoms with Crippen LogP contribution in [-0.4, -0.2) is 0 Å². The lowest BCUT2D eigenvalue weighted by molar-refractivity contribution is 0.669. The summed E-state index contributed by atoms with van der Waals surface area (Å²) in [6.45, 7) is 0. The van der Waals surface area contributed by atoms with Crippen LogP contribution < -0.4 is 4.90 Å². The second-order valence-corrected chi connectivity index (χ2v) is 13.9. The number of thiophene rings is 1. The number of furan rings is 1. The standard InChI is InChI=1S/C48H31NOS/c1-3-17-35(18-4-1)49(36-19-5-2-6-20-36)43-25-13-27-46-47(43)40-24-12-23-39(48(40)51-46)41(30-33-16-11-15-32-14-7-8-21-37(32)33)34-28-29-45-42(31-34)38-22-9-10-26-44(38)50-45/h1-31H/b41-30-. The third-order valence-electron chi connectivity index (χ3n) is 9.87. The zero-order valence-electron chi connectivity index (χ0n) is 27.7. The normalized spacial score (nSPS) is 12.0. The number of hydrogen-bond acceptors (Lipinski definition) is 3. The highest BCUT2D eigenvalue weighted by Crippen LogP contribution is 2.47. The van der Waals surface area contributed by atoms with Crippen LogP contribution in [0.4, 0.5) is 17.1 Å². The molecule has 2 aromatic heterocycles. The number of nitrogens with zero attached hydrogens (tertiary/aromatic N) is 1.